The Labute approximate surface area is 137 Å². The normalized spacial score (nSPS) is 10.3. The van der Waals surface area contributed by atoms with Crippen molar-refractivity contribution in [2.45, 2.75) is 0 Å². The maximum atomic E-state index is 11.3. The van der Waals surface area contributed by atoms with Crippen LogP contribution in [0.5, 0.6) is 6.01 Å². The van der Waals surface area contributed by atoms with Crippen LogP contribution >= 0.6 is 11.6 Å². The third-order valence-electron chi connectivity index (χ3n) is 3.03. The van der Waals surface area contributed by atoms with Gasteiger partial charge in [0.1, 0.15) is 0 Å². The van der Waals surface area contributed by atoms with E-state index in [1.807, 2.05) is 30.3 Å². The van der Waals surface area contributed by atoms with E-state index in [1.165, 1.54) is 7.11 Å². The highest BCUT2D eigenvalue weighted by Gasteiger charge is 2.17. The van der Waals surface area contributed by atoms with Crippen molar-refractivity contribution in [2.75, 3.05) is 7.11 Å². The maximum absolute atomic E-state index is 11.3. The van der Waals surface area contributed by atoms with Crippen LogP contribution in [0.25, 0.3) is 17.1 Å². The molecule has 0 amide bonds. The van der Waals surface area contributed by atoms with Crippen LogP contribution in [0.4, 0.5) is 4.79 Å². The molecule has 0 N–H and O–H groups in total. The van der Waals surface area contributed by atoms with Crippen molar-refractivity contribution in [1.29, 1.82) is 0 Å². The fraction of sp³-hybridized carbons (Fsp3) is 0.0625. The molecule has 0 unspecified atom stereocenters. The number of hydrogen-bond acceptors (Lipinski definition) is 5. The van der Waals surface area contributed by atoms with Gasteiger partial charge in [-0.2, -0.15) is 4.98 Å². The van der Waals surface area contributed by atoms with Gasteiger partial charge in [-0.05, 0) is 24.3 Å². The Kier molecular flexibility index (Phi) is 4.25. The van der Waals surface area contributed by atoms with Crippen LogP contribution in [0.1, 0.15) is 0 Å². The molecule has 0 fully saturated rings. The Morgan fingerprint density at radius 1 is 1.09 bits per heavy atom. The molecule has 1 heterocycles. The number of nitrogens with zero attached hydrogens (tertiary/aromatic N) is 3. The molecule has 1 aromatic heterocycles. The third-order valence-corrected chi connectivity index (χ3v) is 3.28. The first-order valence-corrected chi connectivity index (χ1v) is 7.09. The van der Waals surface area contributed by atoms with E-state index in [0.29, 0.717) is 10.8 Å². The summed E-state index contributed by atoms with van der Waals surface area (Å²) in [6, 6.07) is 16.4. The average Bonchev–Trinajstić information content (AvgIpc) is 3.00. The molecule has 0 bridgehead atoms. The lowest BCUT2D eigenvalue weighted by molar-refractivity contribution is 0.118. The van der Waals surface area contributed by atoms with Gasteiger partial charge >= 0.3 is 12.2 Å². The Morgan fingerprint density at radius 3 is 2.43 bits per heavy atom. The summed E-state index contributed by atoms with van der Waals surface area (Å²) in [6.07, 6.45) is -0.877. The van der Waals surface area contributed by atoms with Gasteiger partial charge in [-0.3, -0.25) is 0 Å². The largest absolute Gasteiger partial charge is 0.516 e. The molecule has 7 heteroatoms. The molecule has 0 radical (unpaired) electrons. The van der Waals surface area contributed by atoms with E-state index >= 15 is 0 Å². The van der Waals surface area contributed by atoms with Crippen LogP contribution in [-0.2, 0) is 4.74 Å². The molecule has 0 aliphatic heterocycles. The third kappa shape index (κ3) is 3.32. The number of halogens is 1. The van der Waals surface area contributed by atoms with Gasteiger partial charge in [0.05, 0.1) is 12.8 Å². The SMILES string of the molecule is COC(=O)Oc1nc(-c2ccccc2)n(-c2ccc(Cl)cc2)n1. The number of rotatable bonds is 3. The number of carbonyl (C=O) groups is 1. The number of methoxy groups -OCH3 is 1. The van der Waals surface area contributed by atoms with Crippen molar-refractivity contribution in [2.24, 2.45) is 0 Å². The van der Waals surface area contributed by atoms with Crippen molar-refractivity contribution in [1.82, 2.24) is 14.8 Å². The number of benzene rings is 2. The number of ether oxygens (including phenoxy) is 2. The lowest BCUT2D eigenvalue weighted by atomic mass is 10.2. The lowest BCUT2D eigenvalue weighted by Gasteiger charge is -2.05. The fourth-order valence-electron chi connectivity index (χ4n) is 1.99. The van der Waals surface area contributed by atoms with E-state index in [0.717, 1.165) is 11.3 Å². The first-order chi connectivity index (χ1) is 11.2. The highest BCUT2D eigenvalue weighted by atomic mass is 35.5. The predicted octanol–water partition coefficient (Wildman–Crippen LogP) is 3.73. The number of hydrogen-bond donors (Lipinski definition) is 0. The van der Waals surface area contributed by atoms with Crippen molar-refractivity contribution in [3.63, 3.8) is 0 Å². The quantitative estimate of drug-likeness (QED) is 0.685. The van der Waals surface area contributed by atoms with Gasteiger partial charge in [0, 0.05) is 10.6 Å². The summed E-state index contributed by atoms with van der Waals surface area (Å²) < 4.78 is 11.0. The smallest absolute Gasteiger partial charge is 0.437 e. The maximum Gasteiger partial charge on any atom is 0.516 e. The predicted molar refractivity (Wildman–Crippen MR) is 84.8 cm³/mol. The van der Waals surface area contributed by atoms with Crippen molar-refractivity contribution < 1.29 is 14.3 Å². The van der Waals surface area contributed by atoms with E-state index < -0.39 is 6.16 Å². The molecular formula is C16H12ClN3O3. The molecule has 0 aliphatic rings. The van der Waals surface area contributed by atoms with Gasteiger partial charge < -0.3 is 9.47 Å². The second-order valence-electron chi connectivity index (χ2n) is 4.53. The van der Waals surface area contributed by atoms with Gasteiger partial charge in [-0.25, -0.2) is 9.48 Å². The van der Waals surface area contributed by atoms with Gasteiger partial charge in [-0.15, -0.1) is 5.10 Å². The molecule has 116 valence electrons. The van der Waals surface area contributed by atoms with Gasteiger partial charge in [0.2, 0.25) is 0 Å². The summed E-state index contributed by atoms with van der Waals surface area (Å²) in [6.45, 7) is 0. The average molecular weight is 330 g/mol. The van der Waals surface area contributed by atoms with Crippen LogP contribution in [0.15, 0.2) is 54.6 Å². The highest BCUT2D eigenvalue weighted by Crippen LogP contribution is 2.24. The molecule has 0 saturated carbocycles. The Balaban J connectivity index is 2.08. The summed E-state index contributed by atoms with van der Waals surface area (Å²) in [4.78, 5) is 15.5. The fourth-order valence-corrected chi connectivity index (χ4v) is 2.12. The van der Waals surface area contributed by atoms with Gasteiger partial charge in [0.15, 0.2) is 5.82 Å². The van der Waals surface area contributed by atoms with E-state index in [9.17, 15) is 4.79 Å². The zero-order chi connectivity index (χ0) is 16.2. The Hall–Kier alpha value is -2.86. The monoisotopic (exact) mass is 329 g/mol. The highest BCUT2D eigenvalue weighted by molar-refractivity contribution is 6.30. The zero-order valence-corrected chi connectivity index (χ0v) is 12.9. The molecule has 0 atom stereocenters. The van der Waals surface area contributed by atoms with Gasteiger partial charge in [-0.1, -0.05) is 41.9 Å². The lowest BCUT2D eigenvalue weighted by Crippen LogP contribution is -2.08. The second kappa shape index (κ2) is 6.50. The first-order valence-electron chi connectivity index (χ1n) is 6.71. The van der Waals surface area contributed by atoms with Crippen molar-refractivity contribution in [3.8, 4) is 23.1 Å². The standard InChI is InChI=1S/C16H12ClN3O3/c1-22-16(21)23-15-18-14(11-5-3-2-4-6-11)20(19-15)13-9-7-12(17)8-10-13/h2-10H,1H3. The van der Waals surface area contributed by atoms with Crippen LogP contribution in [0, 0.1) is 0 Å². The molecule has 3 aromatic rings. The van der Waals surface area contributed by atoms with E-state index in [4.69, 9.17) is 16.3 Å². The summed E-state index contributed by atoms with van der Waals surface area (Å²) in [5.41, 5.74) is 1.56. The molecule has 0 aliphatic carbocycles. The molecule has 2 aromatic carbocycles. The van der Waals surface area contributed by atoms with Gasteiger partial charge in [0.25, 0.3) is 0 Å². The van der Waals surface area contributed by atoms with E-state index in [2.05, 4.69) is 14.8 Å². The summed E-state index contributed by atoms with van der Waals surface area (Å²) in [5.74, 6) is 0.534. The molecule has 23 heavy (non-hydrogen) atoms. The topological polar surface area (TPSA) is 66.2 Å². The van der Waals surface area contributed by atoms with Crippen molar-refractivity contribution >= 4 is 17.8 Å². The number of aromatic nitrogens is 3. The van der Waals surface area contributed by atoms with E-state index in [1.54, 1.807) is 28.9 Å². The van der Waals surface area contributed by atoms with Crippen LogP contribution in [-0.4, -0.2) is 28.0 Å². The first kappa shape index (κ1) is 15.1. The van der Waals surface area contributed by atoms with Crippen molar-refractivity contribution in [3.05, 3.63) is 59.6 Å². The second-order valence-corrected chi connectivity index (χ2v) is 4.96. The molecule has 3 rings (SSSR count). The molecule has 6 nitrogen and oxygen atoms in total. The summed E-state index contributed by atoms with van der Waals surface area (Å²) in [5, 5.41) is 4.83. The summed E-state index contributed by atoms with van der Waals surface area (Å²) >= 11 is 5.92. The van der Waals surface area contributed by atoms with Crippen LogP contribution < -0.4 is 4.74 Å². The molecular weight excluding hydrogens is 318 g/mol. The minimum atomic E-state index is -0.877. The molecule has 0 spiro atoms. The van der Waals surface area contributed by atoms with E-state index in [-0.39, 0.29) is 6.01 Å². The summed E-state index contributed by atoms with van der Waals surface area (Å²) in [7, 11) is 1.22. The minimum Gasteiger partial charge on any atom is -0.437 e. The van der Waals surface area contributed by atoms with Crippen LogP contribution in [0.2, 0.25) is 5.02 Å². The number of carbonyl (C=O) groups excluding carboxylic acids is 1. The minimum absolute atomic E-state index is 0.0920. The molecule has 0 saturated heterocycles. The Morgan fingerprint density at radius 2 is 1.78 bits per heavy atom. The Bertz CT molecular complexity index is 816. The van der Waals surface area contributed by atoms with Crippen LogP contribution in [0.3, 0.4) is 0 Å². The zero-order valence-electron chi connectivity index (χ0n) is 12.1.